The van der Waals surface area contributed by atoms with E-state index in [1.54, 1.807) is 6.07 Å². The van der Waals surface area contributed by atoms with Crippen LogP contribution >= 0.6 is 0 Å². The summed E-state index contributed by atoms with van der Waals surface area (Å²) in [6, 6.07) is 3.62. The largest absolute Gasteiger partial charge is 0.398 e. The minimum atomic E-state index is -3.52. The summed E-state index contributed by atoms with van der Waals surface area (Å²) in [4.78, 5) is 2.47. The van der Waals surface area contributed by atoms with Crippen LogP contribution in [0.15, 0.2) is 17.0 Å². The number of nitrogens with one attached hydrogen (secondary N) is 1. The molecule has 0 amide bonds. The van der Waals surface area contributed by atoms with Crippen LogP contribution in [0.25, 0.3) is 0 Å². The standard InChI is InChI=1S/C15H25N3O2S/c1-4-11-8-14(16)13(5-2)15(9-11)21(19,20)17-12-6-7-18(3)10-12/h8-9,12,17H,4-7,10,16H2,1-3H3. The highest BCUT2D eigenvalue weighted by Crippen LogP contribution is 2.26. The van der Waals surface area contributed by atoms with E-state index < -0.39 is 10.0 Å². The first-order chi connectivity index (χ1) is 9.87. The number of aryl methyl sites for hydroxylation is 1. The number of anilines is 1. The highest BCUT2D eigenvalue weighted by Gasteiger charge is 2.27. The molecule has 2 rings (SSSR count). The Kier molecular flexibility index (Phi) is 4.91. The van der Waals surface area contributed by atoms with Crippen molar-refractivity contribution in [2.45, 2.75) is 44.0 Å². The number of likely N-dealkylation sites (N-methyl/N-ethyl adjacent to an activating group) is 1. The number of nitrogens with two attached hydrogens (primary N) is 1. The summed E-state index contributed by atoms with van der Waals surface area (Å²) in [6.07, 6.45) is 2.22. The molecule has 1 aliphatic rings. The number of nitrogens with zero attached hydrogens (tertiary/aromatic N) is 1. The van der Waals surface area contributed by atoms with E-state index in [2.05, 4.69) is 9.62 Å². The van der Waals surface area contributed by atoms with Crippen LogP contribution in [0.3, 0.4) is 0 Å². The number of sulfonamides is 1. The molecule has 1 aromatic carbocycles. The lowest BCUT2D eigenvalue weighted by molar-refractivity contribution is 0.407. The van der Waals surface area contributed by atoms with E-state index in [0.29, 0.717) is 22.6 Å². The average molecular weight is 311 g/mol. The first-order valence-electron chi connectivity index (χ1n) is 7.49. The van der Waals surface area contributed by atoms with Gasteiger partial charge in [0.1, 0.15) is 0 Å². The third kappa shape index (κ3) is 3.56. The average Bonchev–Trinajstić information content (AvgIpc) is 2.82. The number of benzene rings is 1. The summed E-state index contributed by atoms with van der Waals surface area (Å²) < 4.78 is 28.2. The summed E-state index contributed by atoms with van der Waals surface area (Å²) in [5, 5.41) is 0. The van der Waals surface area contributed by atoms with Gasteiger partial charge >= 0.3 is 0 Å². The zero-order chi connectivity index (χ0) is 15.6. The van der Waals surface area contributed by atoms with Crippen LogP contribution in [0.2, 0.25) is 0 Å². The molecule has 0 aromatic heterocycles. The van der Waals surface area contributed by atoms with Crippen LogP contribution in [0.4, 0.5) is 5.69 Å². The van der Waals surface area contributed by atoms with Crippen molar-refractivity contribution in [3.05, 3.63) is 23.3 Å². The second-order valence-electron chi connectivity index (χ2n) is 5.74. The minimum Gasteiger partial charge on any atom is -0.398 e. The molecule has 1 fully saturated rings. The molecule has 0 radical (unpaired) electrons. The smallest absolute Gasteiger partial charge is 0.241 e. The summed E-state index contributed by atoms with van der Waals surface area (Å²) in [5.41, 5.74) is 8.27. The maximum absolute atomic E-state index is 12.7. The van der Waals surface area contributed by atoms with Crippen molar-refractivity contribution >= 4 is 15.7 Å². The molecular formula is C15H25N3O2S. The normalized spacial score (nSPS) is 20.0. The molecule has 0 saturated carbocycles. The Bertz CT molecular complexity index is 614. The van der Waals surface area contributed by atoms with Crippen molar-refractivity contribution < 1.29 is 8.42 Å². The molecule has 21 heavy (non-hydrogen) atoms. The Morgan fingerprint density at radius 3 is 2.57 bits per heavy atom. The Labute approximate surface area is 127 Å². The predicted octanol–water partition coefficient (Wildman–Crippen LogP) is 1.38. The van der Waals surface area contributed by atoms with Gasteiger partial charge in [-0.2, -0.15) is 0 Å². The lowest BCUT2D eigenvalue weighted by Gasteiger charge is -2.17. The van der Waals surface area contributed by atoms with Crippen LogP contribution in [0.5, 0.6) is 0 Å². The van der Waals surface area contributed by atoms with E-state index in [1.807, 2.05) is 27.0 Å². The van der Waals surface area contributed by atoms with E-state index in [4.69, 9.17) is 5.73 Å². The highest BCUT2D eigenvalue weighted by atomic mass is 32.2. The molecule has 3 N–H and O–H groups in total. The molecule has 0 aliphatic carbocycles. The zero-order valence-corrected chi connectivity index (χ0v) is 13.8. The molecule has 118 valence electrons. The van der Waals surface area contributed by atoms with Gasteiger partial charge in [0.2, 0.25) is 10.0 Å². The molecular weight excluding hydrogens is 286 g/mol. The lowest BCUT2D eigenvalue weighted by Crippen LogP contribution is -2.37. The second-order valence-corrected chi connectivity index (χ2v) is 7.42. The molecule has 1 atom stereocenters. The SMILES string of the molecule is CCc1cc(N)c(CC)c(S(=O)(=O)NC2CCN(C)C2)c1. The molecule has 0 bridgehead atoms. The molecule has 1 aliphatic heterocycles. The van der Waals surface area contributed by atoms with Crippen LogP contribution in [-0.4, -0.2) is 39.5 Å². The van der Waals surface area contributed by atoms with Crippen molar-refractivity contribution in [1.29, 1.82) is 0 Å². The maximum Gasteiger partial charge on any atom is 0.241 e. The van der Waals surface area contributed by atoms with Crippen LogP contribution in [0.1, 0.15) is 31.4 Å². The van der Waals surface area contributed by atoms with Crippen molar-refractivity contribution in [2.75, 3.05) is 25.9 Å². The van der Waals surface area contributed by atoms with Crippen molar-refractivity contribution in [3.63, 3.8) is 0 Å². The fourth-order valence-electron chi connectivity index (χ4n) is 2.86. The monoisotopic (exact) mass is 311 g/mol. The number of hydrogen-bond acceptors (Lipinski definition) is 4. The lowest BCUT2D eigenvalue weighted by atomic mass is 10.1. The van der Waals surface area contributed by atoms with E-state index in [-0.39, 0.29) is 6.04 Å². The fraction of sp³-hybridized carbons (Fsp3) is 0.600. The van der Waals surface area contributed by atoms with Gasteiger partial charge in [-0.25, -0.2) is 13.1 Å². The quantitative estimate of drug-likeness (QED) is 0.806. The van der Waals surface area contributed by atoms with Crippen LogP contribution in [0, 0.1) is 0 Å². The number of rotatable bonds is 5. The predicted molar refractivity (Wildman–Crippen MR) is 85.8 cm³/mol. The Hall–Kier alpha value is -1.11. The second kappa shape index (κ2) is 6.34. The van der Waals surface area contributed by atoms with Crippen LogP contribution in [-0.2, 0) is 22.9 Å². The van der Waals surface area contributed by atoms with Crippen molar-refractivity contribution in [3.8, 4) is 0 Å². The van der Waals surface area contributed by atoms with Gasteiger partial charge in [-0.1, -0.05) is 13.8 Å². The molecule has 1 unspecified atom stereocenters. The van der Waals surface area contributed by atoms with Gasteiger partial charge in [0.05, 0.1) is 4.90 Å². The molecule has 1 saturated heterocycles. The minimum absolute atomic E-state index is 0.0174. The molecule has 1 aromatic rings. The van der Waals surface area contributed by atoms with Gasteiger partial charge in [0.25, 0.3) is 0 Å². The van der Waals surface area contributed by atoms with E-state index in [1.165, 1.54) is 0 Å². The summed E-state index contributed by atoms with van der Waals surface area (Å²) in [6.45, 7) is 5.60. The molecule has 6 heteroatoms. The van der Waals surface area contributed by atoms with E-state index >= 15 is 0 Å². The summed E-state index contributed by atoms with van der Waals surface area (Å²) in [7, 11) is -1.52. The van der Waals surface area contributed by atoms with Crippen molar-refractivity contribution in [1.82, 2.24) is 9.62 Å². The van der Waals surface area contributed by atoms with Gasteiger partial charge in [-0.3, -0.25) is 0 Å². The van der Waals surface area contributed by atoms with Crippen LogP contribution < -0.4 is 10.5 Å². The summed E-state index contributed by atoms with van der Waals surface area (Å²) >= 11 is 0. The maximum atomic E-state index is 12.7. The topological polar surface area (TPSA) is 75.4 Å². The number of likely N-dealkylation sites (tertiary alicyclic amines) is 1. The van der Waals surface area contributed by atoms with Crippen molar-refractivity contribution in [2.24, 2.45) is 0 Å². The zero-order valence-electron chi connectivity index (χ0n) is 13.0. The third-order valence-electron chi connectivity index (χ3n) is 4.07. The Balaban J connectivity index is 2.36. The molecule has 1 heterocycles. The Morgan fingerprint density at radius 1 is 1.33 bits per heavy atom. The highest BCUT2D eigenvalue weighted by molar-refractivity contribution is 7.89. The molecule has 0 spiro atoms. The van der Waals surface area contributed by atoms with Gasteiger partial charge < -0.3 is 10.6 Å². The first-order valence-corrected chi connectivity index (χ1v) is 8.97. The number of nitrogen functional groups attached to an aromatic ring is 1. The fourth-order valence-corrected chi connectivity index (χ4v) is 4.51. The molecule has 5 nitrogen and oxygen atoms in total. The van der Waals surface area contributed by atoms with Gasteiger partial charge in [-0.15, -0.1) is 0 Å². The Morgan fingerprint density at radius 2 is 2.05 bits per heavy atom. The first kappa shape index (κ1) is 16.3. The van der Waals surface area contributed by atoms with Gasteiger partial charge in [0, 0.05) is 18.3 Å². The summed E-state index contributed by atoms with van der Waals surface area (Å²) in [5.74, 6) is 0. The number of hydrogen-bond donors (Lipinski definition) is 2. The van der Waals surface area contributed by atoms with Gasteiger partial charge in [0.15, 0.2) is 0 Å². The van der Waals surface area contributed by atoms with E-state index in [9.17, 15) is 8.42 Å². The third-order valence-corrected chi connectivity index (χ3v) is 5.65. The van der Waals surface area contributed by atoms with E-state index in [0.717, 1.165) is 31.5 Å². The van der Waals surface area contributed by atoms with Gasteiger partial charge in [-0.05, 0) is 56.1 Å².